The SMILES string of the molecule is O=C(CCc1c(-c2ccc(F)cc2)[nH]c2ccccc12)Nc1ccccc1N1CCOCC1. The first kappa shape index (κ1) is 21.2. The van der Waals surface area contributed by atoms with Crippen LogP contribution in [0.1, 0.15) is 12.0 Å². The lowest BCUT2D eigenvalue weighted by atomic mass is 10.0. The minimum absolute atomic E-state index is 0.0361. The average Bonchev–Trinajstić information content (AvgIpc) is 3.23. The lowest BCUT2D eigenvalue weighted by molar-refractivity contribution is -0.116. The van der Waals surface area contributed by atoms with Gasteiger partial charge in [-0.25, -0.2) is 4.39 Å². The molecular formula is C27H26FN3O2. The predicted molar refractivity (Wildman–Crippen MR) is 130 cm³/mol. The molecule has 0 aliphatic carbocycles. The number of hydrogen-bond acceptors (Lipinski definition) is 3. The molecule has 1 aliphatic rings. The molecule has 3 aromatic carbocycles. The molecule has 4 aromatic rings. The van der Waals surface area contributed by atoms with Gasteiger partial charge in [0.05, 0.1) is 24.6 Å². The number of amides is 1. The maximum absolute atomic E-state index is 13.5. The Balaban J connectivity index is 1.36. The van der Waals surface area contributed by atoms with Crippen LogP contribution >= 0.6 is 0 Å². The number of fused-ring (bicyclic) bond motifs is 1. The maximum Gasteiger partial charge on any atom is 0.224 e. The lowest BCUT2D eigenvalue weighted by Gasteiger charge is -2.30. The molecule has 5 nitrogen and oxygen atoms in total. The minimum Gasteiger partial charge on any atom is -0.378 e. The van der Waals surface area contributed by atoms with Crippen LogP contribution in [0.3, 0.4) is 0 Å². The predicted octanol–water partition coefficient (Wildman–Crippen LogP) is 5.38. The Hall–Kier alpha value is -3.64. The van der Waals surface area contributed by atoms with Crippen LogP contribution in [-0.4, -0.2) is 37.2 Å². The molecule has 6 heteroatoms. The van der Waals surface area contributed by atoms with Crippen LogP contribution in [0.2, 0.25) is 0 Å². The second-order valence-corrected chi connectivity index (χ2v) is 8.20. The number of nitrogens with one attached hydrogen (secondary N) is 2. The Morgan fingerprint density at radius 1 is 0.970 bits per heavy atom. The van der Waals surface area contributed by atoms with E-state index in [2.05, 4.69) is 21.3 Å². The van der Waals surface area contributed by atoms with E-state index in [1.165, 1.54) is 12.1 Å². The summed E-state index contributed by atoms with van der Waals surface area (Å²) in [5.74, 6) is -0.305. The van der Waals surface area contributed by atoms with Gasteiger partial charge < -0.3 is 19.9 Å². The van der Waals surface area contributed by atoms with Gasteiger partial charge in [0, 0.05) is 36.1 Å². The number of aromatic nitrogens is 1. The van der Waals surface area contributed by atoms with E-state index in [0.717, 1.165) is 52.2 Å². The second kappa shape index (κ2) is 9.46. The van der Waals surface area contributed by atoms with Gasteiger partial charge in [-0.3, -0.25) is 4.79 Å². The smallest absolute Gasteiger partial charge is 0.224 e. The minimum atomic E-state index is -0.269. The molecule has 0 spiro atoms. The van der Waals surface area contributed by atoms with Crippen molar-refractivity contribution in [3.05, 3.63) is 84.2 Å². The Labute approximate surface area is 192 Å². The van der Waals surface area contributed by atoms with Crippen LogP contribution in [-0.2, 0) is 16.0 Å². The quantitative estimate of drug-likeness (QED) is 0.421. The molecule has 0 bridgehead atoms. The molecule has 2 heterocycles. The summed E-state index contributed by atoms with van der Waals surface area (Å²) in [6, 6.07) is 22.4. The van der Waals surface area contributed by atoms with Crippen molar-refractivity contribution < 1.29 is 13.9 Å². The molecule has 1 aromatic heterocycles. The zero-order valence-electron chi connectivity index (χ0n) is 18.3. The number of rotatable bonds is 6. The zero-order valence-corrected chi connectivity index (χ0v) is 18.3. The summed E-state index contributed by atoms with van der Waals surface area (Å²) < 4.78 is 18.9. The lowest BCUT2D eigenvalue weighted by Crippen LogP contribution is -2.36. The first-order chi connectivity index (χ1) is 16.2. The van der Waals surface area contributed by atoms with Crippen molar-refractivity contribution in [3.8, 4) is 11.3 Å². The summed E-state index contributed by atoms with van der Waals surface area (Å²) in [5, 5.41) is 4.19. The molecule has 0 saturated carbocycles. The average molecular weight is 444 g/mol. The van der Waals surface area contributed by atoms with E-state index >= 15 is 0 Å². The zero-order chi connectivity index (χ0) is 22.6. The summed E-state index contributed by atoms with van der Waals surface area (Å²) in [5.41, 5.74) is 5.74. The van der Waals surface area contributed by atoms with Crippen LogP contribution in [0.4, 0.5) is 15.8 Å². The number of carbonyl (C=O) groups excluding carboxylic acids is 1. The molecule has 168 valence electrons. The van der Waals surface area contributed by atoms with E-state index in [0.29, 0.717) is 26.1 Å². The number of aromatic amines is 1. The number of anilines is 2. The van der Waals surface area contributed by atoms with E-state index in [9.17, 15) is 9.18 Å². The van der Waals surface area contributed by atoms with Crippen LogP contribution in [0.25, 0.3) is 22.2 Å². The Bertz CT molecular complexity index is 1260. The molecule has 1 fully saturated rings. The highest BCUT2D eigenvalue weighted by Gasteiger charge is 2.17. The van der Waals surface area contributed by atoms with Gasteiger partial charge in [0.25, 0.3) is 0 Å². The number of ether oxygens (including phenoxy) is 1. The summed E-state index contributed by atoms with van der Waals surface area (Å²) in [7, 11) is 0. The first-order valence-corrected chi connectivity index (χ1v) is 11.3. The second-order valence-electron chi connectivity index (χ2n) is 8.20. The van der Waals surface area contributed by atoms with Crippen LogP contribution < -0.4 is 10.2 Å². The fourth-order valence-corrected chi connectivity index (χ4v) is 4.43. The number of aryl methyl sites for hydroxylation is 1. The third kappa shape index (κ3) is 4.61. The molecule has 1 amide bonds. The van der Waals surface area contributed by atoms with E-state index in [1.807, 2.05) is 42.5 Å². The highest BCUT2D eigenvalue weighted by Crippen LogP contribution is 2.32. The van der Waals surface area contributed by atoms with Gasteiger partial charge in [0.15, 0.2) is 0 Å². The standard InChI is InChI=1S/C27H26FN3O2/c28-20-11-9-19(10-12-20)27-22(21-5-1-2-6-23(21)30-27)13-14-26(32)29-24-7-3-4-8-25(24)31-15-17-33-18-16-31/h1-12,30H,13-18H2,(H,29,32). The first-order valence-electron chi connectivity index (χ1n) is 11.3. The highest BCUT2D eigenvalue weighted by atomic mass is 19.1. The molecular weight excluding hydrogens is 417 g/mol. The van der Waals surface area contributed by atoms with Gasteiger partial charge in [-0.1, -0.05) is 30.3 Å². The monoisotopic (exact) mass is 443 g/mol. The molecule has 2 N–H and O–H groups in total. The maximum atomic E-state index is 13.5. The van der Waals surface area contributed by atoms with Crippen molar-refractivity contribution in [1.29, 1.82) is 0 Å². The van der Waals surface area contributed by atoms with Gasteiger partial charge in [-0.2, -0.15) is 0 Å². The summed E-state index contributed by atoms with van der Waals surface area (Å²) in [6.07, 6.45) is 0.912. The van der Waals surface area contributed by atoms with Gasteiger partial charge in [0.2, 0.25) is 5.91 Å². The molecule has 1 aliphatic heterocycles. The molecule has 5 rings (SSSR count). The van der Waals surface area contributed by atoms with Crippen molar-refractivity contribution in [1.82, 2.24) is 4.98 Å². The third-order valence-electron chi connectivity index (χ3n) is 6.08. The molecule has 0 unspecified atom stereocenters. The summed E-state index contributed by atoms with van der Waals surface area (Å²) in [4.78, 5) is 18.7. The summed E-state index contributed by atoms with van der Waals surface area (Å²) in [6.45, 7) is 3.00. The van der Waals surface area contributed by atoms with Gasteiger partial charge in [-0.05, 0) is 60.0 Å². The highest BCUT2D eigenvalue weighted by molar-refractivity contribution is 5.96. The number of para-hydroxylation sites is 3. The van der Waals surface area contributed by atoms with E-state index in [1.54, 1.807) is 12.1 Å². The molecule has 33 heavy (non-hydrogen) atoms. The van der Waals surface area contributed by atoms with Crippen LogP contribution in [0.15, 0.2) is 72.8 Å². The summed E-state index contributed by atoms with van der Waals surface area (Å²) >= 11 is 0. The Morgan fingerprint density at radius 3 is 2.52 bits per heavy atom. The largest absolute Gasteiger partial charge is 0.378 e. The Kier molecular flexibility index (Phi) is 6.09. The van der Waals surface area contributed by atoms with Gasteiger partial charge >= 0.3 is 0 Å². The van der Waals surface area contributed by atoms with Crippen molar-refractivity contribution in [2.24, 2.45) is 0 Å². The van der Waals surface area contributed by atoms with Gasteiger partial charge in [0.1, 0.15) is 5.82 Å². The number of halogens is 1. The number of H-pyrrole nitrogens is 1. The fraction of sp³-hybridized carbons (Fsp3) is 0.222. The van der Waals surface area contributed by atoms with Crippen molar-refractivity contribution in [3.63, 3.8) is 0 Å². The number of morpholine rings is 1. The molecule has 1 saturated heterocycles. The van der Waals surface area contributed by atoms with Crippen LogP contribution in [0, 0.1) is 5.82 Å². The van der Waals surface area contributed by atoms with Gasteiger partial charge in [-0.15, -0.1) is 0 Å². The number of nitrogens with zero attached hydrogens (tertiary/aromatic N) is 1. The number of benzene rings is 3. The van der Waals surface area contributed by atoms with Crippen LogP contribution in [0.5, 0.6) is 0 Å². The number of hydrogen-bond donors (Lipinski definition) is 2. The fourth-order valence-electron chi connectivity index (χ4n) is 4.43. The van der Waals surface area contributed by atoms with E-state index in [-0.39, 0.29) is 11.7 Å². The van der Waals surface area contributed by atoms with E-state index in [4.69, 9.17) is 4.74 Å². The molecule has 0 radical (unpaired) electrons. The van der Waals surface area contributed by atoms with Crippen molar-refractivity contribution >= 4 is 28.2 Å². The normalized spacial score (nSPS) is 13.9. The van der Waals surface area contributed by atoms with Crippen molar-refractivity contribution in [2.45, 2.75) is 12.8 Å². The molecule has 0 atom stereocenters. The van der Waals surface area contributed by atoms with E-state index < -0.39 is 0 Å². The third-order valence-corrected chi connectivity index (χ3v) is 6.08. The topological polar surface area (TPSA) is 57.4 Å². The van der Waals surface area contributed by atoms with Crippen molar-refractivity contribution in [2.75, 3.05) is 36.5 Å². The number of carbonyl (C=O) groups is 1. The Morgan fingerprint density at radius 2 is 1.70 bits per heavy atom.